The van der Waals surface area contributed by atoms with Crippen molar-refractivity contribution in [3.05, 3.63) is 28.4 Å². The van der Waals surface area contributed by atoms with E-state index in [0.717, 1.165) is 0 Å². The molecule has 3 heterocycles. The van der Waals surface area contributed by atoms with Gasteiger partial charge in [0, 0.05) is 24.8 Å². The number of aromatic amines is 1. The Labute approximate surface area is 132 Å². The van der Waals surface area contributed by atoms with Gasteiger partial charge in [0.05, 0.1) is 17.0 Å². The third kappa shape index (κ3) is 3.00. The van der Waals surface area contributed by atoms with Gasteiger partial charge in [-0.1, -0.05) is 0 Å². The van der Waals surface area contributed by atoms with Crippen LogP contribution in [0, 0.1) is 0 Å². The van der Waals surface area contributed by atoms with E-state index in [-0.39, 0.29) is 28.8 Å². The molecule has 0 spiro atoms. The first-order valence-electron chi connectivity index (χ1n) is 7.27. The van der Waals surface area contributed by atoms with E-state index < -0.39 is 15.4 Å². The molecule has 0 saturated carbocycles. The number of pyridine rings is 1. The number of hydrogen-bond acceptors (Lipinski definition) is 5. The molecule has 9 heteroatoms. The number of imidazole rings is 1. The van der Waals surface area contributed by atoms with Crippen LogP contribution in [0.5, 0.6) is 0 Å². The molecule has 0 aromatic carbocycles. The normalized spacial score (nSPS) is 19.6. The van der Waals surface area contributed by atoms with E-state index in [0.29, 0.717) is 23.9 Å². The Kier molecular flexibility index (Phi) is 3.55. The second-order valence-electron chi connectivity index (χ2n) is 6.23. The van der Waals surface area contributed by atoms with Crippen LogP contribution in [0.15, 0.2) is 17.1 Å². The summed E-state index contributed by atoms with van der Waals surface area (Å²) in [5, 5.41) is 2.89. The smallest absolute Gasteiger partial charge is 0.287 e. The number of aryl methyl sites for hydroxylation is 1. The predicted molar refractivity (Wildman–Crippen MR) is 85.1 cm³/mol. The molecule has 0 unspecified atom stereocenters. The third-order valence-electron chi connectivity index (χ3n) is 4.33. The maximum absolute atomic E-state index is 12.5. The average Bonchev–Trinajstić information content (AvgIpc) is 2.80. The van der Waals surface area contributed by atoms with E-state index in [1.54, 1.807) is 11.6 Å². The molecule has 0 bridgehead atoms. The second-order valence-corrected chi connectivity index (χ2v) is 8.53. The van der Waals surface area contributed by atoms with Crippen LogP contribution in [0.4, 0.5) is 0 Å². The molecule has 1 aliphatic rings. The van der Waals surface area contributed by atoms with Crippen molar-refractivity contribution < 1.29 is 13.2 Å². The molecular weight excluding hydrogens is 320 g/mol. The minimum Gasteiger partial charge on any atom is -0.344 e. The first-order chi connectivity index (χ1) is 10.7. The fraction of sp³-hybridized carbons (Fsp3) is 0.500. The SMILES string of the molecule is Cn1c(C(=O)NC2(C)CCS(=O)(=O)CC2)nc2c[nH]c(=O)cc21. The Hall–Kier alpha value is -2.16. The summed E-state index contributed by atoms with van der Waals surface area (Å²) in [6.45, 7) is 1.84. The molecule has 3 rings (SSSR count). The number of aromatic nitrogens is 3. The van der Waals surface area contributed by atoms with Crippen molar-refractivity contribution in [1.82, 2.24) is 19.9 Å². The molecule has 23 heavy (non-hydrogen) atoms. The monoisotopic (exact) mass is 338 g/mol. The zero-order chi connectivity index (χ0) is 16.8. The van der Waals surface area contributed by atoms with E-state index in [1.165, 1.54) is 12.3 Å². The van der Waals surface area contributed by atoms with Crippen molar-refractivity contribution in [2.24, 2.45) is 7.05 Å². The number of carbonyl (C=O) groups is 1. The van der Waals surface area contributed by atoms with Crippen LogP contribution < -0.4 is 10.9 Å². The molecule has 2 aromatic rings. The Morgan fingerprint density at radius 3 is 2.70 bits per heavy atom. The highest BCUT2D eigenvalue weighted by atomic mass is 32.2. The fourth-order valence-corrected chi connectivity index (χ4v) is 4.49. The minimum absolute atomic E-state index is 0.0703. The van der Waals surface area contributed by atoms with Crippen LogP contribution in [-0.2, 0) is 16.9 Å². The van der Waals surface area contributed by atoms with Crippen molar-refractivity contribution in [1.29, 1.82) is 0 Å². The topological polar surface area (TPSA) is 114 Å². The maximum Gasteiger partial charge on any atom is 0.287 e. The van der Waals surface area contributed by atoms with Gasteiger partial charge >= 0.3 is 0 Å². The van der Waals surface area contributed by atoms with Crippen LogP contribution in [0.3, 0.4) is 0 Å². The summed E-state index contributed by atoms with van der Waals surface area (Å²) in [7, 11) is -1.33. The van der Waals surface area contributed by atoms with Gasteiger partial charge in [0.2, 0.25) is 5.56 Å². The average molecular weight is 338 g/mol. The molecule has 1 fully saturated rings. The van der Waals surface area contributed by atoms with Gasteiger partial charge in [0.25, 0.3) is 5.91 Å². The van der Waals surface area contributed by atoms with Crippen molar-refractivity contribution >= 4 is 26.8 Å². The molecule has 124 valence electrons. The minimum atomic E-state index is -3.00. The molecular formula is C14H18N4O4S. The van der Waals surface area contributed by atoms with E-state index >= 15 is 0 Å². The van der Waals surface area contributed by atoms with Crippen LogP contribution in [-0.4, -0.2) is 45.9 Å². The van der Waals surface area contributed by atoms with Crippen LogP contribution >= 0.6 is 0 Å². The summed E-state index contributed by atoms with van der Waals surface area (Å²) in [5.74, 6) is -0.0478. The number of H-pyrrole nitrogens is 1. The summed E-state index contributed by atoms with van der Waals surface area (Å²) in [5.41, 5.74) is 0.247. The molecule has 0 aliphatic carbocycles. The first-order valence-corrected chi connectivity index (χ1v) is 9.09. The standard InChI is InChI=1S/C14H18N4O4S/c1-14(3-5-23(21,22)6-4-14)17-13(20)12-16-9-8-15-11(19)7-10(9)18(12)2/h7-8H,3-6H2,1-2H3,(H,15,19)(H,17,20). The summed E-state index contributed by atoms with van der Waals surface area (Å²) >= 11 is 0. The molecule has 0 radical (unpaired) electrons. The van der Waals surface area contributed by atoms with Crippen LogP contribution in [0.25, 0.3) is 11.0 Å². The molecule has 1 amide bonds. The lowest BCUT2D eigenvalue weighted by molar-refractivity contribution is 0.0886. The Morgan fingerprint density at radius 1 is 1.39 bits per heavy atom. The summed E-state index contributed by atoms with van der Waals surface area (Å²) in [4.78, 5) is 30.7. The predicted octanol–water partition coefficient (Wildman–Crippen LogP) is -0.0413. The fourth-order valence-electron chi connectivity index (χ4n) is 2.76. The van der Waals surface area contributed by atoms with Gasteiger partial charge in [-0.2, -0.15) is 0 Å². The van der Waals surface area contributed by atoms with Gasteiger partial charge in [-0.3, -0.25) is 9.59 Å². The number of nitrogens with one attached hydrogen (secondary N) is 2. The van der Waals surface area contributed by atoms with E-state index in [1.807, 2.05) is 6.92 Å². The van der Waals surface area contributed by atoms with Gasteiger partial charge < -0.3 is 14.9 Å². The van der Waals surface area contributed by atoms with Crippen molar-refractivity contribution in [3.63, 3.8) is 0 Å². The van der Waals surface area contributed by atoms with Gasteiger partial charge in [0.15, 0.2) is 5.82 Å². The summed E-state index contributed by atoms with van der Waals surface area (Å²) in [6.07, 6.45) is 2.22. The highest BCUT2D eigenvalue weighted by molar-refractivity contribution is 7.91. The zero-order valence-electron chi connectivity index (χ0n) is 12.9. The third-order valence-corrected chi connectivity index (χ3v) is 5.99. The molecule has 2 N–H and O–H groups in total. The number of rotatable bonds is 2. The Morgan fingerprint density at radius 2 is 2.04 bits per heavy atom. The molecule has 0 atom stereocenters. The second kappa shape index (κ2) is 5.19. The van der Waals surface area contributed by atoms with E-state index in [4.69, 9.17) is 0 Å². The quantitative estimate of drug-likeness (QED) is 0.797. The van der Waals surface area contributed by atoms with Crippen molar-refractivity contribution in [3.8, 4) is 0 Å². The number of nitrogens with zero attached hydrogens (tertiary/aromatic N) is 2. The summed E-state index contributed by atoms with van der Waals surface area (Å²) in [6, 6.07) is 1.38. The number of hydrogen-bond donors (Lipinski definition) is 2. The van der Waals surface area contributed by atoms with Gasteiger partial charge in [0.1, 0.15) is 15.4 Å². The lowest BCUT2D eigenvalue weighted by atomic mass is 9.95. The molecule has 1 aliphatic heterocycles. The van der Waals surface area contributed by atoms with E-state index in [2.05, 4.69) is 15.3 Å². The van der Waals surface area contributed by atoms with Gasteiger partial charge in [-0.25, -0.2) is 13.4 Å². The number of amides is 1. The number of fused-ring (bicyclic) bond motifs is 1. The maximum atomic E-state index is 12.5. The summed E-state index contributed by atoms with van der Waals surface area (Å²) < 4.78 is 24.6. The van der Waals surface area contributed by atoms with Crippen LogP contribution in [0.1, 0.15) is 30.4 Å². The zero-order valence-corrected chi connectivity index (χ0v) is 13.7. The largest absolute Gasteiger partial charge is 0.344 e. The van der Waals surface area contributed by atoms with Crippen molar-refractivity contribution in [2.45, 2.75) is 25.3 Å². The number of carbonyl (C=O) groups excluding carboxylic acids is 1. The molecule has 8 nitrogen and oxygen atoms in total. The van der Waals surface area contributed by atoms with Gasteiger partial charge in [-0.15, -0.1) is 0 Å². The van der Waals surface area contributed by atoms with E-state index in [9.17, 15) is 18.0 Å². The highest BCUT2D eigenvalue weighted by Crippen LogP contribution is 2.24. The van der Waals surface area contributed by atoms with Crippen LogP contribution in [0.2, 0.25) is 0 Å². The molecule has 2 aromatic heterocycles. The van der Waals surface area contributed by atoms with Crippen molar-refractivity contribution in [2.75, 3.05) is 11.5 Å². The first kappa shape index (κ1) is 15.7. The lowest BCUT2D eigenvalue weighted by Crippen LogP contribution is -2.51. The Bertz CT molecular complexity index is 927. The molecule has 1 saturated heterocycles. The highest BCUT2D eigenvalue weighted by Gasteiger charge is 2.35. The number of sulfone groups is 1. The lowest BCUT2D eigenvalue weighted by Gasteiger charge is -2.34. The van der Waals surface area contributed by atoms with Gasteiger partial charge in [-0.05, 0) is 19.8 Å². The Balaban J connectivity index is 1.87.